The summed E-state index contributed by atoms with van der Waals surface area (Å²) in [5, 5.41) is 36.6. The molecule has 3 aromatic heterocycles. The molecule has 0 aliphatic heterocycles. The number of nitriles is 3. The van der Waals surface area contributed by atoms with Gasteiger partial charge in [0, 0.05) is 49.6 Å². The quantitative estimate of drug-likeness (QED) is 0.168. The molecule has 0 atom stereocenters. The molecule has 0 amide bonds. The van der Waals surface area contributed by atoms with Gasteiger partial charge in [0.1, 0.15) is 12.1 Å². The molecule has 0 saturated carbocycles. The van der Waals surface area contributed by atoms with E-state index in [1.165, 1.54) is 10.8 Å². The molecule has 0 N–H and O–H groups in total. The number of fused-ring (bicyclic) bond motifs is 6. The number of aromatic nitrogens is 3. The van der Waals surface area contributed by atoms with Gasteiger partial charge in [0.15, 0.2) is 0 Å². The van der Waals surface area contributed by atoms with Gasteiger partial charge < -0.3 is 9.13 Å². The van der Waals surface area contributed by atoms with Crippen LogP contribution in [0.2, 0.25) is 0 Å². The molecule has 0 fully saturated rings. The third kappa shape index (κ3) is 5.66. The molecule has 11 aromatic rings. The summed E-state index contributed by atoms with van der Waals surface area (Å²) < 4.78 is 4.66. The number of nitrogens with zero attached hydrogens (tertiary/aromatic N) is 6. The van der Waals surface area contributed by atoms with E-state index in [4.69, 9.17) is 4.98 Å². The number of pyridine rings is 1. The van der Waals surface area contributed by atoms with Crippen LogP contribution in [-0.4, -0.2) is 14.1 Å². The zero-order valence-electron chi connectivity index (χ0n) is 33.2. The van der Waals surface area contributed by atoms with E-state index in [1.54, 1.807) is 0 Å². The summed E-state index contributed by atoms with van der Waals surface area (Å²) in [6, 6.07) is 72.5. The third-order valence-electron chi connectivity index (χ3n) is 11.8. The van der Waals surface area contributed by atoms with E-state index in [0.29, 0.717) is 33.6 Å². The minimum absolute atomic E-state index is 0.276. The normalized spacial score (nSPS) is 11.2. The number of rotatable bonds is 6. The van der Waals surface area contributed by atoms with Crippen molar-refractivity contribution in [2.24, 2.45) is 0 Å². The van der Waals surface area contributed by atoms with Gasteiger partial charge in [0.25, 0.3) is 0 Å². The topological polar surface area (TPSA) is 94.1 Å². The molecular weight excluding hydrogens is 757 g/mol. The highest BCUT2D eigenvalue weighted by molar-refractivity contribution is 6.19. The highest BCUT2D eigenvalue weighted by Crippen LogP contribution is 2.43. The second-order valence-corrected chi connectivity index (χ2v) is 15.2. The van der Waals surface area contributed by atoms with Crippen LogP contribution < -0.4 is 0 Å². The Morgan fingerprint density at radius 2 is 0.839 bits per heavy atom. The molecule has 0 aliphatic rings. The van der Waals surface area contributed by atoms with Crippen LogP contribution in [0.25, 0.3) is 99.8 Å². The average molecular weight is 789 g/mol. The second kappa shape index (κ2) is 14.7. The van der Waals surface area contributed by atoms with Gasteiger partial charge in [0.05, 0.1) is 56.2 Å². The van der Waals surface area contributed by atoms with Crippen molar-refractivity contribution in [3.8, 4) is 74.4 Å². The molecule has 3 heterocycles. The Balaban J connectivity index is 1.14. The smallest absolute Gasteiger partial charge is 0.102 e. The van der Waals surface area contributed by atoms with E-state index in [9.17, 15) is 15.8 Å². The van der Waals surface area contributed by atoms with Crippen LogP contribution in [0.3, 0.4) is 0 Å². The molecule has 62 heavy (non-hydrogen) atoms. The minimum Gasteiger partial charge on any atom is -0.309 e. The Bertz CT molecular complexity index is 3690. The van der Waals surface area contributed by atoms with Crippen molar-refractivity contribution in [2.45, 2.75) is 0 Å². The van der Waals surface area contributed by atoms with Crippen LogP contribution in [0.1, 0.15) is 16.7 Å². The maximum atomic E-state index is 10.8. The molecule has 6 heteroatoms. The lowest BCUT2D eigenvalue weighted by Crippen LogP contribution is -2.02. The number of para-hydroxylation sites is 3. The Morgan fingerprint density at radius 3 is 1.44 bits per heavy atom. The van der Waals surface area contributed by atoms with Gasteiger partial charge >= 0.3 is 0 Å². The standard InChI is InChI=1S/C56H32N6/c57-33-40-29-39(56-49(35-59)54(36-15-5-1-6-16-36)48(34-58)55(60-56)37-17-7-2-8-18-37)25-27-43(40)38-26-28-51-45(30-38)47-32-52-46(31-53(47)62(51)42-21-11-4-12-22-42)44-23-13-14-24-50(44)61(52)41-19-9-3-10-20-41/h1-32H. The maximum absolute atomic E-state index is 10.8. The zero-order chi connectivity index (χ0) is 41.7. The van der Waals surface area contributed by atoms with Gasteiger partial charge in [0.2, 0.25) is 0 Å². The summed E-state index contributed by atoms with van der Waals surface area (Å²) in [6.07, 6.45) is 0. The van der Waals surface area contributed by atoms with Crippen molar-refractivity contribution in [3.05, 3.63) is 211 Å². The first-order valence-electron chi connectivity index (χ1n) is 20.3. The lowest BCUT2D eigenvalue weighted by Gasteiger charge is -2.16. The maximum Gasteiger partial charge on any atom is 0.102 e. The first kappa shape index (κ1) is 36.1. The summed E-state index contributed by atoms with van der Waals surface area (Å²) in [5.41, 5.74) is 12.7. The molecule has 11 rings (SSSR count). The minimum atomic E-state index is 0.276. The van der Waals surface area contributed by atoms with Crippen molar-refractivity contribution in [2.75, 3.05) is 0 Å². The van der Waals surface area contributed by atoms with Crippen LogP contribution in [0.4, 0.5) is 0 Å². The summed E-state index contributed by atoms with van der Waals surface area (Å²) >= 11 is 0. The van der Waals surface area contributed by atoms with Crippen molar-refractivity contribution < 1.29 is 0 Å². The largest absolute Gasteiger partial charge is 0.309 e. The van der Waals surface area contributed by atoms with Gasteiger partial charge in [-0.25, -0.2) is 4.98 Å². The van der Waals surface area contributed by atoms with E-state index in [2.05, 4.69) is 130 Å². The van der Waals surface area contributed by atoms with E-state index < -0.39 is 0 Å². The molecule has 8 aromatic carbocycles. The predicted molar refractivity (Wildman–Crippen MR) is 249 cm³/mol. The number of hydrogen-bond acceptors (Lipinski definition) is 4. The van der Waals surface area contributed by atoms with Crippen LogP contribution in [0, 0.1) is 34.0 Å². The van der Waals surface area contributed by atoms with Crippen molar-refractivity contribution in [3.63, 3.8) is 0 Å². The van der Waals surface area contributed by atoms with E-state index in [1.807, 2.05) is 91.0 Å². The van der Waals surface area contributed by atoms with Gasteiger partial charge in [-0.3, -0.25) is 0 Å². The van der Waals surface area contributed by atoms with Crippen molar-refractivity contribution >= 4 is 43.6 Å². The Kier molecular flexibility index (Phi) is 8.54. The molecule has 0 unspecified atom stereocenters. The van der Waals surface area contributed by atoms with Crippen LogP contribution in [-0.2, 0) is 0 Å². The summed E-state index contributed by atoms with van der Waals surface area (Å²) in [4.78, 5) is 5.04. The fourth-order valence-electron chi connectivity index (χ4n) is 9.11. The molecule has 0 spiro atoms. The highest BCUT2D eigenvalue weighted by atomic mass is 15.0. The van der Waals surface area contributed by atoms with E-state index in [-0.39, 0.29) is 5.56 Å². The lowest BCUT2D eigenvalue weighted by molar-refractivity contribution is 1.17. The lowest BCUT2D eigenvalue weighted by atomic mass is 9.88. The number of hydrogen-bond donors (Lipinski definition) is 0. The van der Waals surface area contributed by atoms with E-state index >= 15 is 0 Å². The monoisotopic (exact) mass is 788 g/mol. The third-order valence-corrected chi connectivity index (χ3v) is 11.8. The molecule has 0 saturated heterocycles. The average Bonchev–Trinajstić information content (AvgIpc) is 3.84. The number of benzene rings is 8. The summed E-state index contributed by atoms with van der Waals surface area (Å²) in [5.74, 6) is 0. The van der Waals surface area contributed by atoms with Crippen LogP contribution >= 0.6 is 0 Å². The Labute approximate surface area is 357 Å². The molecule has 286 valence electrons. The highest BCUT2D eigenvalue weighted by Gasteiger charge is 2.24. The summed E-state index contributed by atoms with van der Waals surface area (Å²) in [7, 11) is 0. The van der Waals surface area contributed by atoms with Gasteiger partial charge in [-0.1, -0.05) is 133 Å². The van der Waals surface area contributed by atoms with Crippen molar-refractivity contribution in [1.29, 1.82) is 15.8 Å². The van der Waals surface area contributed by atoms with E-state index in [0.717, 1.165) is 66.5 Å². The molecule has 6 nitrogen and oxygen atoms in total. The Morgan fingerprint density at radius 1 is 0.355 bits per heavy atom. The molecule has 0 bridgehead atoms. The molecular formula is C56H32N6. The zero-order valence-corrected chi connectivity index (χ0v) is 33.2. The first-order valence-corrected chi connectivity index (χ1v) is 20.3. The first-order chi connectivity index (χ1) is 30.6. The molecule has 0 radical (unpaired) electrons. The van der Waals surface area contributed by atoms with Crippen LogP contribution in [0.15, 0.2) is 194 Å². The fourth-order valence-corrected chi connectivity index (χ4v) is 9.11. The molecule has 0 aliphatic carbocycles. The van der Waals surface area contributed by atoms with Crippen LogP contribution in [0.5, 0.6) is 0 Å². The van der Waals surface area contributed by atoms with Gasteiger partial charge in [-0.05, 0) is 77.4 Å². The van der Waals surface area contributed by atoms with Crippen molar-refractivity contribution in [1.82, 2.24) is 14.1 Å². The second-order valence-electron chi connectivity index (χ2n) is 15.2. The van der Waals surface area contributed by atoms with Gasteiger partial charge in [-0.15, -0.1) is 0 Å². The Hall–Kier alpha value is -9.02. The fraction of sp³-hybridized carbons (Fsp3) is 0. The SMILES string of the molecule is N#Cc1cc(-c2nc(-c3ccccc3)c(C#N)c(-c3ccccc3)c2C#N)ccc1-c1ccc2c(c1)c1cc3c(cc1n2-c1ccccc1)c1ccccc1n3-c1ccccc1. The summed E-state index contributed by atoms with van der Waals surface area (Å²) in [6.45, 7) is 0. The predicted octanol–water partition coefficient (Wildman–Crippen LogP) is 13.6. The van der Waals surface area contributed by atoms with Gasteiger partial charge in [-0.2, -0.15) is 15.8 Å².